The monoisotopic (exact) mass is 348 g/mol. The average molecular weight is 348 g/mol. The molecule has 1 fully saturated rings. The van der Waals surface area contributed by atoms with Gasteiger partial charge in [-0.1, -0.05) is 19.1 Å². The molecule has 25 heavy (non-hydrogen) atoms. The Balaban J connectivity index is 1.94. The largest absolute Gasteiger partial charge is 0.477 e. The minimum atomic E-state index is -2.66. The Morgan fingerprint density at radius 2 is 2.00 bits per heavy atom. The van der Waals surface area contributed by atoms with E-state index in [-0.39, 0.29) is 18.5 Å². The predicted octanol–water partition coefficient (Wildman–Crippen LogP) is 3.15. The number of benzene rings is 1. The molecule has 0 bridgehead atoms. The summed E-state index contributed by atoms with van der Waals surface area (Å²) in [5, 5.41) is 9.06. The third-order valence-electron chi connectivity index (χ3n) is 4.42. The number of hydrogen-bond acceptors (Lipinski definition) is 3. The Bertz CT molecular complexity index is 860. The summed E-state index contributed by atoms with van der Waals surface area (Å²) in [7, 11) is 0. The molecule has 0 saturated carbocycles. The highest BCUT2D eigenvalue weighted by molar-refractivity contribution is 5.88. The van der Waals surface area contributed by atoms with Gasteiger partial charge in [-0.05, 0) is 35.7 Å². The lowest BCUT2D eigenvalue weighted by molar-refractivity contribution is 0.0257. The van der Waals surface area contributed by atoms with Gasteiger partial charge in [-0.15, -0.1) is 0 Å². The molecule has 0 amide bonds. The molecule has 1 aromatic heterocycles. The zero-order valence-corrected chi connectivity index (χ0v) is 13.7. The molecule has 2 N–H and O–H groups in total. The molecule has 1 aliphatic heterocycles. The van der Waals surface area contributed by atoms with Gasteiger partial charge >= 0.3 is 5.97 Å². The van der Waals surface area contributed by atoms with E-state index in [1.54, 1.807) is 29.2 Å². The van der Waals surface area contributed by atoms with Gasteiger partial charge in [0.25, 0.3) is 11.5 Å². The molecule has 0 spiro atoms. The van der Waals surface area contributed by atoms with Crippen LogP contribution in [-0.2, 0) is 6.42 Å². The molecule has 0 aliphatic carbocycles. The number of carboxylic acid groups (broad SMARTS) is 1. The second kappa shape index (κ2) is 6.31. The normalized spacial score (nSPS) is 16.2. The maximum absolute atomic E-state index is 13.3. The van der Waals surface area contributed by atoms with Crippen LogP contribution in [0.2, 0.25) is 0 Å². The van der Waals surface area contributed by atoms with Gasteiger partial charge in [0.05, 0.1) is 12.2 Å². The average Bonchev–Trinajstić information content (AvgIpc) is 2.94. The summed E-state index contributed by atoms with van der Waals surface area (Å²) in [4.78, 5) is 27.3. The standard InChI is InChI=1S/C18H18F2N2O3/c1-2-11-9-14(17(24)25)16(23)21-15(11)12-3-5-13(6-4-12)22-8-7-18(19,20)10-22/h3-6,9H,2,7-8,10H2,1H3,(H,21,23)(H,24,25). The van der Waals surface area contributed by atoms with Gasteiger partial charge in [0, 0.05) is 18.7 Å². The summed E-state index contributed by atoms with van der Waals surface area (Å²) in [5.74, 6) is -3.93. The van der Waals surface area contributed by atoms with Crippen molar-refractivity contribution < 1.29 is 18.7 Å². The first-order valence-corrected chi connectivity index (χ1v) is 8.03. The first kappa shape index (κ1) is 17.1. The lowest BCUT2D eigenvalue weighted by Gasteiger charge is -2.18. The van der Waals surface area contributed by atoms with E-state index in [9.17, 15) is 18.4 Å². The van der Waals surface area contributed by atoms with E-state index in [2.05, 4.69) is 4.98 Å². The summed E-state index contributed by atoms with van der Waals surface area (Å²) in [6.07, 6.45) is 0.394. The topological polar surface area (TPSA) is 73.4 Å². The van der Waals surface area contributed by atoms with E-state index in [1.165, 1.54) is 6.07 Å². The minimum absolute atomic E-state index is 0.154. The maximum atomic E-state index is 13.3. The van der Waals surface area contributed by atoms with E-state index in [4.69, 9.17) is 5.11 Å². The van der Waals surface area contributed by atoms with E-state index in [1.807, 2.05) is 6.92 Å². The molecule has 3 rings (SSSR count). The van der Waals surface area contributed by atoms with Gasteiger partial charge in [-0.25, -0.2) is 13.6 Å². The highest BCUT2D eigenvalue weighted by Gasteiger charge is 2.38. The number of aryl methyl sites for hydroxylation is 1. The highest BCUT2D eigenvalue weighted by atomic mass is 19.3. The number of aromatic nitrogens is 1. The van der Waals surface area contributed by atoms with E-state index in [0.717, 1.165) is 0 Å². The fraction of sp³-hybridized carbons (Fsp3) is 0.333. The third kappa shape index (κ3) is 3.40. The van der Waals surface area contributed by atoms with Crippen LogP contribution in [0.4, 0.5) is 14.5 Å². The Hall–Kier alpha value is -2.70. The lowest BCUT2D eigenvalue weighted by atomic mass is 10.0. The van der Waals surface area contributed by atoms with E-state index < -0.39 is 17.5 Å². The van der Waals surface area contributed by atoms with Crippen molar-refractivity contribution in [3.8, 4) is 11.3 Å². The van der Waals surface area contributed by atoms with Gasteiger partial charge in [-0.2, -0.15) is 0 Å². The van der Waals surface area contributed by atoms with Gasteiger partial charge in [-0.3, -0.25) is 4.79 Å². The quantitative estimate of drug-likeness (QED) is 0.890. The van der Waals surface area contributed by atoms with Crippen molar-refractivity contribution in [3.05, 3.63) is 51.8 Å². The molecule has 2 aromatic rings. The Labute approximate surface area is 142 Å². The summed E-state index contributed by atoms with van der Waals surface area (Å²) in [6.45, 7) is 1.87. The van der Waals surface area contributed by atoms with Gasteiger partial charge in [0.2, 0.25) is 0 Å². The number of nitrogens with one attached hydrogen (secondary N) is 1. The molecular formula is C18H18F2N2O3. The van der Waals surface area contributed by atoms with Crippen LogP contribution in [0.25, 0.3) is 11.3 Å². The number of aromatic carboxylic acids is 1. The predicted molar refractivity (Wildman–Crippen MR) is 90.6 cm³/mol. The number of halogens is 2. The molecule has 7 heteroatoms. The highest BCUT2D eigenvalue weighted by Crippen LogP contribution is 2.32. The number of alkyl halides is 2. The summed E-state index contributed by atoms with van der Waals surface area (Å²) in [6, 6.07) is 8.35. The minimum Gasteiger partial charge on any atom is -0.477 e. The number of aromatic amines is 1. The number of anilines is 1. The second-order valence-electron chi connectivity index (χ2n) is 6.15. The number of H-pyrrole nitrogens is 1. The molecule has 1 aliphatic rings. The Morgan fingerprint density at radius 3 is 2.52 bits per heavy atom. The first-order chi connectivity index (χ1) is 11.8. The molecule has 5 nitrogen and oxygen atoms in total. The molecule has 0 radical (unpaired) electrons. The Kier molecular flexibility index (Phi) is 4.32. The van der Waals surface area contributed by atoms with Crippen molar-refractivity contribution in [2.45, 2.75) is 25.7 Å². The fourth-order valence-electron chi connectivity index (χ4n) is 3.06. The van der Waals surface area contributed by atoms with Crippen LogP contribution >= 0.6 is 0 Å². The van der Waals surface area contributed by atoms with Gasteiger partial charge in [0.1, 0.15) is 5.56 Å². The van der Waals surface area contributed by atoms with Crippen LogP contribution in [0.15, 0.2) is 35.1 Å². The number of carbonyl (C=O) groups is 1. The third-order valence-corrected chi connectivity index (χ3v) is 4.42. The van der Waals surface area contributed by atoms with Crippen molar-refractivity contribution in [1.82, 2.24) is 4.98 Å². The molecular weight excluding hydrogens is 330 g/mol. The first-order valence-electron chi connectivity index (χ1n) is 8.03. The second-order valence-corrected chi connectivity index (χ2v) is 6.15. The Morgan fingerprint density at radius 1 is 1.32 bits per heavy atom. The molecule has 1 aromatic carbocycles. The lowest BCUT2D eigenvalue weighted by Crippen LogP contribution is -2.24. The van der Waals surface area contributed by atoms with Crippen molar-refractivity contribution >= 4 is 11.7 Å². The molecule has 0 unspecified atom stereocenters. The summed E-state index contributed by atoms with van der Waals surface area (Å²) in [5.41, 5.74) is 1.71. The summed E-state index contributed by atoms with van der Waals surface area (Å²) >= 11 is 0. The number of nitrogens with zero attached hydrogens (tertiary/aromatic N) is 1. The smallest absolute Gasteiger partial charge is 0.341 e. The number of pyridine rings is 1. The van der Waals surface area contributed by atoms with Crippen molar-refractivity contribution in [2.24, 2.45) is 0 Å². The zero-order chi connectivity index (χ0) is 18.2. The maximum Gasteiger partial charge on any atom is 0.341 e. The SMILES string of the molecule is CCc1cc(C(=O)O)c(=O)[nH]c1-c1ccc(N2CCC(F)(F)C2)cc1. The van der Waals surface area contributed by atoms with E-state index in [0.29, 0.717) is 35.5 Å². The van der Waals surface area contributed by atoms with Gasteiger partial charge < -0.3 is 15.0 Å². The number of hydrogen-bond donors (Lipinski definition) is 2. The molecule has 1 saturated heterocycles. The van der Waals surface area contributed by atoms with Crippen molar-refractivity contribution in [3.63, 3.8) is 0 Å². The van der Waals surface area contributed by atoms with Crippen LogP contribution < -0.4 is 10.5 Å². The van der Waals surface area contributed by atoms with Crippen LogP contribution in [0, 0.1) is 0 Å². The molecule has 132 valence electrons. The van der Waals surface area contributed by atoms with Gasteiger partial charge in [0.15, 0.2) is 0 Å². The molecule has 0 atom stereocenters. The fourth-order valence-corrected chi connectivity index (χ4v) is 3.06. The van der Waals surface area contributed by atoms with Crippen LogP contribution in [0.5, 0.6) is 0 Å². The van der Waals surface area contributed by atoms with Crippen molar-refractivity contribution in [2.75, 3.05) is 18.0 Å². The molecule has 2 heterocycles. The van der Waals surface area contributed by atoms with Crippen molar-refractivity contribution in [1.29, 1.82) is 0 Å². The number of rotatable bonds is 4. The van der Waals surface area contributed by atoms with Crippen LogP contribution in [-0.4, -0.2) is 35.1 Å². The van der Waals surface area contributed by atoms with Crippen LogP contribution in [0.3, 0.4) is 0 Å². The van der Waals surface area contributed by atoms with Crippen LogP contribution in [0.1, 0.15) is 29.3 Å². The van der Waals surface area contributed by atoms with E-state index >= 15 is 0 Å². The zero-order valence-electron chi connectivity index (χ0n) is 13.7. The number of carboxylic acids is 1. The summed E-state index contributed by atoms with van der Waals surface area (Å²) < 4.78 is 26.7.